The molecule has 1 aromatic carbocycles. The molecule has 1 unspecified atom stereocenters. The van der Waals surface area contributed by atoms with Crippen molar-refractivity contribution in [2.24, 2.45) is 0 Å². The Labute approximate surface area is 140 Å². The van der Waals surface area contributed by atoms with Gasteiger partial charge in [-0.2, -0.15) is 0 Å². The number of rotatable bonds is 4. The van der Waals surface area contributed by atoms with Crippen molar-refractivity contribution in [3.63, 3.8) is 0 Å². The highest BCUT2D eigenvalue weighted by Gasteiger charge is 2.50. The van der Waals surface area contributed by atoms with Crippen LogP contribution in [0.25, 0.3) is 0 Å². The monoisotopic (exact) mass is 359 g/mol. The van der Waals surface area contributed by atoms with Crippen molar-refractivity contribution in [2.75, 3.05) is 20.0 Å². The van der Waals surface area contributed by atoms with Gasteiger partial charge < -0.3 is 24.1 Å². The van der Waals surface area contributed by atoms with Gasteiger partial charge in [0.05, 0.1) is 12.9 Å². The van der Waals surface area contributed by atoms with Crippen LogP contribution >= 0.6 is 0 Å². The second-order valence-electron chi connectivity index (χ2n) is 5.86. The third-order valence-electron chi connectivity index (χ3n) is 4.02. The highest BCUT2D eigenvalue weighted by molar-refractivity contribution is 7.88. The Morgan fingerprint density at radius 2 is 1.96 bits per heavy atom. The van der Waals surface area contributed by atoms with Crippen molar-refractivity contribution in [3.8, 4) is 0 Å². The van der Waals surface area contributed by atoms with E-state index in [1.165, 1.54) is 7.11 Å². The summed E-state index contributed by atoms with van der Waals surface area (Å²) in [5.74, 6) is 0. The minimum Gasteiger partial charge on any atom is -0.388 e. The molecule has 0 aromatic heterocycles. The first kappa shape index (κ1) is 17.7. The van der Waals surface area contributed by atoms with Crippen LogP contribution in [0.3, 0.4) is 0 Å². The normalized spacial score (nSPS) is 37.0. The molecule has 9 heteroatoms. The van der Waals surface area contributed by atoms with Crippen molar-refractivity contribution >= 4 is 10.0 Å². The summed E-state index contributed by atoms with van der Waals surface area (Å²) in [4.78, 5) is 0. The largest absolute Gasteiger partial charge is 0.388 e. The van der Waals surface area contributed by atoms with Crippen molar-refractivity contribution in [2.45, 2.75) is 36.9 Å². The van der Waals surface area contributed by atoms with Gasteiger partial charge >= 0.3 is 0 Å². The van der Waals surface area contributed by atoms with E-state index in [0.717, 1.165) is 11.8 Å². The van der Waals surface area contributed by atoms with E-state index in [2.05, 4.69) is 4.72 Å². The number of hydrogen-bond donors (Lipinski definition) is 2. The summed E-state index contributed by atoms with van der Waals surface area (Å²) < 4.78 is 47.8. The number of benzene rings is 1. The van der Waals surface area contributed by atoms with Crippen LogP contribution < -0.4 is 4.72 Å². The number of sulfonamides is 1. The maximum absolute atomic E-state index is 11.6. The molecule has 0 spiro atoms. The molecular formula is C15H21NO7S. The zero-order valence-corrected chi connectivity index (χ0v) is 14.2. The lowest BCUT2D eigenvalue weighted by Gasteiger charge is -2.47. The standard InChI is InChI=1S/C15H21NO7S/c1-20-15-11(16-24(2,18)19)12(17)13-10(22-15)8-21-14(23-13)9-6-4-3-5-7-9/h3-7,10-17H,8H2,1-2H3/t10-,11-,12-,13-,14?,15+/m1/s1. The summed E-state index contributed by atoms with van der Waals surface area (Å²) in [6.07, 6.45) is -3.01. The van der Waals surface area contributed by atoms with E-state index in [4.69, 9.17) is 18.9 Å². The van der Waals surface area contributed by atoms with Crippen LogP contribution in [-0.2, 0) is 29.0 Å². The molecule has 0 saturated carbocycles. The SMILES string of the molecule is CO[C@H]1O[C@@H]2COC(c3ccccc3)O[C@H]2[C@H](O)[C@H]1NS(C)(=O)=O. The minimum atomic E-state index is -3.56. The predicted octanol–water partition coefficient (Wildman–Crippen LogP) is -0.249. The molecule has 2 heterocycles. The maximum atomic E-state index is 11.6. The smallest absolute Gasteiger partial charge is 0.209 e. The van der Waals surface area contributed by atoms with Crippen LogP contribution in [0.5, 0.6) is 0 Å². The zero-order valence-electron chi connectivity index (χ0n) is 13.4. The van der Waals surface area contributed by atoms with Crippen molar-refractivity contribution in [1.82, 2.24) is 4.72 Å². The molecule has 8 nitrogen and oxygen atoms in total. The van der Waals surface area contributed by atoms with Gasteiger partial charge in [-0.3, -0.25) is 0 Å². The molecule has 0 aliphatic carbocycles. The lowest BCUT2D eigenvalue weighted by atomic mass is 9.96. The van der Waals surface area contributed by atoms with Gasteiger partial charge in [-0.15, -0.1) is 0 Å². The second kappa shape index (κ2) is 7.04. The number of methoxy groups -OCH3 is 1. The Bertz CT molecular complexity index is 653. The van der Waals surface area contributed by atoms with E-state index in [-0.39, 0.29) is 6.61 Å². The number of hydrogen-bond acceptors (Lipinski definition) is 7. The Kier molecular flexibility index (Phi) is 5.21. The number of ether oxygens (including phenoxy) is 4. The molecule has 134 valence electrons. The molecule has 2 fully saturated rings. The number of aliphatic hydroxyl groups is 1. The average Bonchev–Trinajstić information content (AvgIpc) is 2.56. The van der Waals surface area contributed by atoms with Crippen LogP contribution in [0, 0.1) is 0 Å². The maximum Gasteiger partial charge on any atom is 0.209 e. The molecule has 2 aliphatic rings. The summed E-state index contributed by atoms with van der Waals surface area (Å²) in [5, 5.41) is 10.6. The fourth-order valence-electron chi connectivity index (χ4n) is 2.95. The van der Waals surface area contributed by atoms with Crippen LogP contribution in [0.1, 0.15) is 11.9 Å². The molecule has 1 aromatic rings. The van der Waals surface area contributed by atoms with Gasteiger partial charge in [0.2, 0.25) is 10.0 Å². The average molecular weight is 359 g/mol. The lowest BCUT2D eigenvalue weighted by molar-refractivity contribution is -0.340. The Morgan fingerprint density at radius 3 is 2.58 bits per heavy atom. The van der Waals surface area contributed by atoms with E-state index < -0.39 is 47.0 Å². The first-order chi connectivity index (χ1) is 11.4. The van der Waals surface area contributed by atoms with Gasteiger partial charge in [-0.05, 0) is 0 Å². The van der Waals surface area contributed by atoms with E-state index >= 15 is 0 Å². The highest BCUT2D eigenvalue weighted by Crippen LogP contribution is 2.34. The molecule has 0 bridgehead atoms. The number of fused-ring (bicyclic) bond motifs is 1. The molecular weight excluding hydrogens is 338 g/mol. The fraction of sp³-hybridized carbons (Fsp3) is 0.600. The fourth-order valence-corrected chi connectivity index (χ4v) is 3.69. The molecule has 6 atom stereocenters. The van der Waals surface area contributed by atoms with Crippen molar-refractivity contribution < 1.29 is 32.5 Å². The lowest BCUT2D eigenvalue weighted by Crippen LogP contribution is -2.66. The summed E-state index contributed by atoms with van der Waals surface area (Å²) in [6.45, 7) is 0.201. The van der Waals surface area contributed by atoms with Crippen molar-refractivity contribution in [1.29, 1.82) is 0 Å². The Morgan fingerprint density at radius 1 is 1.25 bits per heavy atom. The summed E-state index contributed by atoms with van der Waals surface area (Å²) in [5.41, 5.74) is 0.810. The van der Waals surface area contributed by atoms with E-state index in [9.17, 15) is 13.5 Å². The second-order valence-corrected chi connectivity index (χ2v) is 7.64. The summed E-state index contributed by atoms with van der Waals surface area (Å²) in [7, 11) is -2.18. The Hall–Kier alpha value is -1.07. The first-order valence-electron chi connectivity index (χ1n) is 7.54. The molecule has 24 heavy (non-hydrogen) atoms. The topological polar surface area (TPSA) is 103 Å². The Balaban J connectivity index is 1.79. The highest BCUT2D eigenvalue weighted by atomic mass is 32.2. The zero-order chi connectivity index (χ0) is 17.3. The molecule has 2 aliphatic heterocycles. The molecule has 3 rings (SSSR count). The van der Waals surface area contributed by atoms with Crippen LogP contribution in [0.2, 0.25) is 0 Å². The van der Waals surface area contributed by atoms with Crippen LogP contribution in [0.15, 0.2) is 30.3 Å². The predicted molar refractivity (Wildman–Crippen MR) is 83.5 cm³/mol. The first-order valence-corrected chi connectivity index (χ1v) is 9.44. The van der Waals surface area contributed by atoms with E-state index in [1.54, 1.807) is 0 Å². The van der Waals surface area contributed by atoms with Gasteiger partial charge in [0.25, 0.3) is 0 Å². The van der Waals surface area contributed by atoms with Gasteiger partial charge in [0.15, 0.2) is 12.6 Å². The van der Waals surface area contributed by atoms with Gasteiger partial charge in [-0.1, -0.05) is 30.3 Å². The number of nitrogens with one attached hydrogen (secondary N) is 1. The third-order valence-corrected chi connectivity index (χ3v) is 4.72. The molecule has 2 N–H and O–H groups in total. The third kappa shape index (κ3) is 3.77. The van der Waals surface area contributed by atoms with Crippen molar-refractivity contribution in [3.05, 3.63) is 35.9 Å². The molecule has 0 radical (unpaired) electrons. The minimum absolute atomic E-state index is 0.201. The summed E-state index contributed by atoms with van der Waals surface area (Å²) in [6, 6.07) is 8.33. The van der Waals surface area contributed by atoms with Crippen LogP contribution in [0.4, 0.5) is 0 Å². The van der Waals surface area contributed by atoms with Gasteiger partial charge in [-0.25, -0.2) is 13.1 Å². The molecule has 2 saturated heterocycles. The quantitative estimate of drug-likeness (QED) is 0.764. The van der Waals surface area contributed by atoms with Gasteiger partial charge in [0, 0.05) is 12.7 Å². The van der Waals surface area contributed by atoms with E-state index in [0.29, 0.717) is 0 Å². The van der Waals surface area contributed by atoms with Crippen LogP contribution in [-0.4, -0.2) is 64.1 Å². The number of aliphatic hydroxyl groups excluding tert-OH is 1. The summed E-state index contributed by atoms with van der Waals surface area (Å²) >= 11 is 0. The van der Waals surface area contributed by atoms with E-state index in [1.807, 2.05) is 30.3 Å². The molecule has 0 amide bonds. The van der Waals surface area contributed by atoms with Gasteiger partial charge in [0.1, 0.15) is 24.4 Å².